The molecule has 0 fully saturated rings. The highest BCUT2D eigenvalue weighted by molar-refractivity contribution is 6.06. The number of ketones is 1. The highest BCUT2D eigenvalue weighted by Gasteiger charge is 2.07. The van der Waals surface area contributed by atoms with Crippen LogP contribution in [0.15, 0.2) is 42.5 Å². The monoisotopic (exact) mass is 280 g/mol. The van der Waals surface area contributed by atoms with Gasteiger partial charge in [-0.15, -0.1) is 0 Å². The number of rotatable bonds is 3. The molecule has 0 amide bonds. The summed E-state index contributed by atoms with van der Waals surface area (Å²) >= 11 is 0. The van der Waals surface area contributed by atoms with E-state index in [-0.39, 0.29) is 11.1 Å². The predicted molar refractivity (Wildman–Crippen MR) is 66.1 cm³/mol. The van der Waals surface area contributed by atoms with E-state index in [1.807, 2.05) is 0 Å². The Morgan fingerprint density at radius 3 is 2.25 bits per heavy atom. The summed E-state index contributed by atoms with van der Waals surface area (Å²) in [7, 11) is 0. The van der Waals surface area contributed by atoms with Crippen molar-refractivity contribution < 1.29 is 22.4 Å². The van der Waals surface area contributed by atoms with Crippen molar-refractivity contribution in [2.45, 2.75) is 0 Å². The Hall–Kier alpha value is -2.43. The summed E-state index contributed by atoms with van der Waals surface area (Å²) < 4.78 is 51.7. The SMILES string of the molecule is O=C(/C=C/c1ccc(F)cc1F)c1ccc(F)c(F)c1. The third-order valence-corrected chi connectivity index (χ3v) is 2.58. The maximum absolute atomic E-state index is 13.3. The third kappa shape index (κ3) is 3.12. The highest BCUT2D eigenvalue weighted by Crippen LogP contribution is 2.13. The van der Waals surface area contributed by atoms with Crippen molar-refractivity contribution in [1.29, 1.82) is 0 Å². The molecule has 0 unspecified atom stereocenters. The van der Waals surface area contributed by atoms with Crippen LogP contribution in [0.2, 0.25) is 0 Å². The molecule has 0 aliphatic carbocycles. The minimum absolute atomic E-state index is 0.0160. The van der Waals surface area contributed by atoms with E-state index >= 15 is 0 Å². The molecule has 0 aliphatic rings. The normalized spacial score (nSPS) is 11.0. The van der Waals surface area contributed by atoms with Gasteiger partial charge in [-0.3, -0.25) is 4.79 Å². The molecule has 0 saturated carbocycles. The first kappa shape index (κ1) is 14.0. The molecule has 0 spiro atoms. The van der Waals surface area contributed by atoms with Gasteiger partial charge in [0.05, 0.1) is 0 Å². The molecule has 0 radical (unpaired) electrons. The number of carbonyl (C=O) groups is 1. The second-order valence-electron chi connectivity index (χ2n) is 3.99. The van der Waals surface area contributed by atoms with Gasteiger partial charge in [0.2, 0.25) is 0 Å². The molecular formula is C15H8F4O. The molecule has 0 bridgehead atoms. The molecule has 0 heterocycles. The van der Waals surface area contributed by atoms with Crippen LogP contribution in [0.1, 0.15) is 15.9 Å². The zero-order valence-corrected chi connectivity index (χ0v) is 10.0. The summed E-state index contributed by atoms with van der Waals surface area (Å²) in [4.78, 5) is 11.7. The number of hydrogen-bond donors (Lipinski definition) is 0. The fourth-order valence-corrected chi connectivity index (χ4v) is 1.55. The smallest absolute Gasteiger partial charge is 0.185 e. The second kappa shape index (κ2) is 5.69. The van der Waals surface area contributed by atoms with E-state index < -0.39 is 29.1 Å². The van der Waals surface area contributed by atoms with Crippen molar-refractivity contribution in [3.05, 3.63) is 76.9 Å². The lowest BCUT2D eigenvalue weighted by Gasteiger charge is -1.98. The van der Waals surface area contributed by atoms with Gasteiger partial charge in [-0.1, -0.05) is 0 Å². The van der Waals surface area contributed by atoms with E-state index in [4.69, 9.17) is 0 Å². The maximum atomic E-state index is 13.3. The Morgan fingerprint density at radius 2 is 1.60 bits per heavy atom. The largest absolute Gasteiger partial charge is 0.289 e. The summed E-state index contributed by atoms with van der Waals surface area (Å²) in [6.07, 6.45) is 2.14. The lowest BCUT2D eigenvalue weighted by Crippen LogP contribution is -1.97. The summed E-state index contributed by atoms with van der Waals surface area (Å²) in [6, 6.07) is 5.59. The van der Waals surface area contributed by atoms with Crippen LogP contribution in [0.25, 0.3) is 6.08 Å². The molecule has 0 aliphatic heterocycles. The topological polar surface area (TPSA) is 17.1 Å². The number of carbonyl (C=O) groups excluding carboxylic acids is 1. The van der Waals surface area contributed by atoms with Crippen molar-refractivity contribution >= 4 is 11.9 Å². The van der Waals surface area contributed by atoms with Gasteiger partial charge in [0.25, 0.3) is 0 Å². The Morgan fingerprint density at radius 1 is 0.850 bits per heavy atom. The lowest BCUT2D eigenvalue weighted by molar-refractivity contribution is 0.104. The molecule has 2 aromatic carbocycles. The molecular weight excluding hydrogens is 272 g/mol. The van der Waals surface area contributed by atoms with Crippen molar-refractivity contribution in [3.63, 3.8) is 0 Å². The van der Waals surface area contributed by atoms with Gasteiger partial charge in [0.15, 0.2) is 17.4 Å². The van der Waals surface area contributed by atoms with Crippen LogP contribution in [0, 0.1) is 23.3 Å². The van der Waals surface area contributed by atoms with Crippen LogP contribution >= 0.6 is 0 Å². The quantitative estimate of drug-likeness (QED) is 0.469. The molecule has 20 heavy (non-hydrogen) atoms. The Balaban J connectivity index is 2.22. The van der Waals surface area contributed by atoms with Crippen molar-refractivity contribution in [2.75, 3.05) is 0 Å². The van der Waals surface area contributed by atoms with E-state index in [9.17, 15) is 22.4 Å². The fraction of sp³-hybridized carbons (Fsp3) is 0. The van der Waals surface area contributed by atoms with E-state index in [2.05, 4.69) is 0 Å². The molecule has 1 nitrogen and oxygen atoms in total. The number of benzene rings is 2. The van der Waals surface area contributed by atoms with E-state index in [1.165, 1.54) is 6.07 Å². The molecule has 0 saturated heterocycles. The van der Waals surface area contributed by atoms with Crippen molar-refractivity contribution in [3.8, 4) is 0 Å². The standard InChI is InChI=1S/C15H8F4O/c16-11-4-1-9(13(18)8-11)3-6-15(20)10-2-5-12(17)14(19)7-10/h1-8H/b6-3+. The number of allylic oxidation sites excluding steroid dienone is 1. The fourth-order valence-electron chi connectivity index (χ4n) is 1.55. The van der Waals surface area contributed by atoms with Crippen LogP contribution in [0.4, 0.5) is 17.6 Å². The molecule has 2 rings (SSSR count). The molecule has 0 N–H and O–H groups in total. The number of hydrogen-bond acceptors (Lipinski definition) is 1. The molecule has 2 aromatic rings. The van der Waals surface area contributed by atoms with E-state index in [0.717, 1.165) is 36.4 Å². The Labute approximate surface area is 112 Å². The Bertz CT molecular complexity index is 692. The lowest BCUT2D eigenvalue weighted by atomic mass is 10.1. The summed E-state index contributed by atoms with van der Waals surface area (Å²) in [5, 5.41) is 0. The molecule has 0 atom stereocenters. The highest BCUT2D eigenvalue weighted by atomic mass is 19.2. The zero-order valence-electron chi connectivity index (χ0n) is 10.0. The van der Waals surface area contributed by atoms with Crippen LogP contribution in [-0.4, -0.2) is 5.78 Å². The van der Waals surface area contributed by atoms with Gasteiger partial charge >= 0.3 is 0 Å². The molecule has 102 valence electrons. The van der Waals surface area contributed by atoms with Gasteiger partial charge < -0.3 is 0 Å². The predicted octanol–water partition coefficient (Wildman–Crippen LogP) is 4.14. The summed E-state index contributed by atoms with van der Waals surface area (Å²) in [5.41, 5.74) is -0.0509. The van der Waals surface area contributed by atoms with E-state index in [1.54, 1.807) is 0 Å². The molecule has 5 heteroatoms. The first-order valence-electron chi connectivity index (χ1n) is 5.60. The zero-order chi connectivity index (χ0) is 14.7. The first-order valence-corrected chi connectivity index (χ1v) is 5.60. The van der Waals surface area contributed by atoms with Crippen LogP contribution < -0.4 is 0 Å². The van der Waals surface area contributed by atoms with Gasteiger partial charge in [-0.05, 0) is 42.5 Å². The first-order chi connectivity index (χ1) is 9.47. The Kier molecular flexibility index (Phi) is 3.98. The second-order valence-corrected chi connectivity index (χ2v) is 3.99. The third-order valence-electron chi connectivity index (χ3n) is 2.58. The van der Waals surface area contributed by atoms with Gasteiger partial charge in [0.1, 0.15) is 11.6 Å². The minimum atomic E-state index is -1.14. The van der Waals surface area contributed by atoms with Crippen LogP contribution in [0.3, 0.4) is 0 Å². The molecule has 0 aromatic heterocycles. The van der Waals surface area contributed by atoms with Crippen molar-refractivity contribution in [2.24, 2.45) is 0 Å². The van der Waals surface area contributed by atoms with Gasteiger partial charge in [-0.25, -0.2) is 17.6 Å². The minimum Gasteiger partial charge on any atom is -0.289 e. The van der Waals surface area contributed by atoms with Crippen LogP contribution in [-0.2, 0) is 0 Å². The maximum Gasteiger partial charge on any atom is 0.185 e. The average Bonchev–Trinajstić information content (AvgIpc) is 2.40. The van der Waals surface area contributed by atoms with Crippen molar-refractivity contribution in [1.82, 2.24) is 0 Å². The summed E-state index contributed by atoms with van der Waals surface area (Å²) in [5.74, 6) is -4.37. The summed E-state index contributed by atoms with van der Waals surface area (Å²) in [6.45, 7) is 0. The number of halogens is 4. The van der Waals surface area contributed by atoms with E-state index in [0.29, 0.717) is 6.07 Å². The van der Waals surface area contributed by atoms with Crippen LogP contribution in [0.5, 0.6) is 0 Å². The van der Waals surface area contributed by atoms with Gasteiger partial charge in [0, 0.05) is 17.2 Å². The average molecular weight is 280 g/mol. The van der Waals surface area contributed by atoms with Gasteiger partial charge in [-0.2, -0.15) is 0 Å².